The van der Waals surface area contributed by atoms with Crippen LogP contribution in [0.5, 0.6) is 0 Å². The molecule has 1 atom stereocenters. The zero-order valence-electron chi connectivity index (χ0n) is 19.2. The van der Waals surface area contributed by atoms with Crippen molar-refractivity contribution in [2.45, 2.75) is 31.5 Å². The molecule has 174 valence electrons. The van der Waals surface area contributed by atoms with Crippen molar-refractivity contribution in [1.29, 1.82) is 0 Å². The van der Waals surface area contributed by atoms with Crippen molar-refractivity contribution in [3.63, 3.8) is 0 Å². The molecule has 7 nitrogen and oxygen atoms in total. The van der Waals surface area contributed by atoms with Gasteiger partial charge >= 0.3 is 0 Å². The molecule has 1 N–H and O–H groups in total. The Bertz CT molecular complexity index is 1020. The lowest BCUT2D eigenvalue weighted by atomic mass is 9.97. The van der Waals surface area contributed by atoms with Crippen LogP contribution < -0.4 is 10.2 Å². The number of anilines is 1. The highest BCUT2D eigenvalue weighted by Crippen LogP contribution is 2.27. The number of thioether (sulfide) groups is 1. The SMILES string of the molecule is CC(C)CC(NC(=O)CSc1nnc(N2CCOCC2)n1-c1ccccc1)c1ccccc1. The minimum absolute atomic E-state index is 0.00444. The molecule has 0 aliphatic carbocycles. The van der Waals surface area contributed by atoms with Gasteiger partial charge < -0.3 is 15.0 Å². The first-order valence-electron chi connectivity index (χ1n) is 11.4. The van der Waals surface area contributed by atoms with E-state index in [2.05, 4.69) is 46.4 Å². The van der Waals surface area contributed by atoms with E-state index in [0.29, 0.717) is 24.3 Å². The van der Waals surface area contributed by atoms with Gasteiger partial charge in [-0.1, -0.05) is 74.1 Å². The molecule has 1 saturated heterocycles. The number of aromatic nitrogens is 3. The lowest BCUT2D eigenvalue weighted by molar-refractivity contribution is -0.119. The number of amides is 1. The second-order valence-electron chi connectivity index (χ2n) is 8.50. The molecule has 1 aromatic heterocycles. The summed E-state index contributed by atoms with van der Waals surface area (Å²) < 4.78 is 7.53. The van der Waals surface area contributed by atoms with Crippen molar-refractivity contribution in [3.8, 4) is 5.69 Å². The van der Waals surface area contributed by atoms with E-state index in [-0.39, 0.29) is 17.7 Å². The summed E-state index contributed by atoms with van der Waals surface area (Å²) in [7, 11) is 0. The summed E-state index contributed by atoms with van der Waals surface area (Å²) >= 11 is 1.41. The van der Waals surface area contributed by atoms with Crippen molar-refractivity contribution >= 4 is 23.6 Å². The van der Waals surface area contributed by atoms with E-state index in [9.17, 15) is 4.79 Å². The maximum Gasteiger partial charge on any atom is 0.232 e. The summed E-state index contributed by atoms with van der Waals surface area (Å²) in [5.74, 6) is 1.52. The fourth-order valence-corrected chi connectivity index (χ4v) is 4.69. The number of morpholine rings is 1. The number of hydrogen-bond donors (Lipinski definition) is 1. The van der Waals surface area contributed by atoms with Gasteiger partial charge in [0.15, 0.2) is 5.16 Å². The fraction of sp³-hybridized carbons (Fsp3) is 0.400. The molecular formula is C25H31N5O2S. The fourth-order valence-electron chi connectivity index (χ4n) is 3.93. The first-order chi connectivity index (χ1) is 16.1. The second-order valence-corrected chi connectivity index (χ2v) is 9.44. The first kappa shape index (κ1) is 23.3. The molecule has 0 spiro atoms. The number of nitrogens with one attached hydrogen (secondary N) is 1. The Balaban J connectivity index is 1.49. The third-order valence-electron chi connectivity index (χ3n) is 5.50. The van der Waals surface area contributed by atoms with Crippen LogP contribution in [0.25, 0.3) is 5.69 Å². The Morgan fingerprint density at radius 1 is 1.03 bits per heavy atom. The second kappa shape index (κ2) is 11.3. The molecule has 0 bridgehead atoms. The molecule has 1 aliphatic rings. The van der Waals surface area contributed by atoms with E-state index < -0.39 is 0 Å². The molecule has 0 radical (unpaired) electrons. The van der Waals surface area contributed by atoms with Gasteiger partial charge in [-0.3, -0.25) is 9.36 Å². The number of hydrogen-bond acceptors (Lipinski definition) is 6. The van der Waals surface area contributed by atoms with Crippen LogP contribution in [0.1, 0.15) is 31.9 Å². The number of rotatable bonds is 9. The van der Waals surface area contributed by atoms with Gasteiger partial charge in [0, 0.05) is 13.1 Å². The third kappa shape index (κ3) is 6.15. The van der Waals surface area contributed by atoms with Gasteiger partial charge in [-0.25, -0.2) is 0 Å². The summed E-state index contributed by atoms with van der Waals surface area (Å²) in [6.45, 7) is 7.22. The average Bonchev–Trinajstić information content (AvgIpc) is 3.28. The number of nitrogens with zero attached hydrogens (tertiary/aromatic N) is 4. The van der Waals surface area contributed by atoms with Gasteiger partial charge in [-0.2, -0.15) is 0 Å². The van der Waals surface area contributed by atoms with E-state index in [1.54, 1.807) is 0 Å². The highest BCUT2D eigenvalue weighted by molar-refractivity contribution is 7.99. The first-order valence-corrected chi connectivity index (χ1v) is 12.4. The molecule has 1 amide bonds. The van der Waals surface area contributed by atoms with Crippen LogP contribution in [0.15, 0.2) is 65.8 Å². The van der Waals surface area contributed by atoms with Crippen molar-refractivity contribution in [2.24, 2.45) is 5.92 Å². The van der Waals surface area contributed by atoms with E-state index in [1.165, 1.54) is 11.8 Å². The van der Waals surface area contributed by atoms with Crippen LogP contribution in [-0.4, -0.2) is 52.7 Å². The normalized spacial score (nSPS) is 14.9. The summed E-state index contributed by atoms with van der Waals surface area (Å²) in [5, 5.41) is 12.8. The Kier molecular flexibility index (Phi) is 8.01. The highest BCUT2D eigenvalue weighted by Gasteiger charge is 2.23. The van der Waals surface area contributed by atoms with Gasteiger partial charge in [0.1, 0.15) is 0 Å². The number of benzene rings is 2. The van der Waals surface area contributed by atoms with E-state index in [1.807, 2.05) is 53.1 Å². The number of ether oxygens (including phenoxy) is 1. The molecule has 8 heteroatoms. The predicted octanol–water partition coefficient (Wildman–Crippen LogP) is 4.10. The Labute approximate surface area is 199 Å². The van der Waals surface area contributed by atoms with Gasteiger partial charge in [-0.05, 0) is 30.0 Å². The highest BCUT2D eigenvalue weighted by atomic mass is 32.2. The van der Waals surface area contributed by atoms with Crippen LogP contribution in [0, 0.1) is 5.92 Å². The van der Waals surface area contributed by atoms with Gasteiger partial charge in [0.25, 0.3) is 0 Å². The van der Waals surface area contributed by atoms with Gasteiger partial charge in [-0.15, -0.1) is 10.2 Å². The van der Waals surface area contributed by atoms with Crippen molar-refractivity contribution in [2.75, 3.05) is 37.0 Å². The predicted molar refractivity (Wildman–Crippen MR) is 132 cm³/mol. The topological polar surface area (TPSA) is 72.3 Å². The van der Waals surface area contributed by atoms with E-state index >= 15 is 0 Å². The zero-order chi connectivity index (χ0) is 23.0. The van der Waals surface area contributed by atoms with Crippen molar-refractivity contribution in [3.05, 3.63) is 66.2 Å². The molecule has 1 aliphatic heterocycles. The minimum Gasteiger partial charge on any atom is -0.378 e. The Morgan fingerprint density at radius 2 is 1.70 bits per heavy atom. The molecule has 0 saturated carbocycles. The average molecular weight is 466 g/mol. The maximum absolute atomic E-state index is 12.9. The van der Waals surface area contributed by atoms with Gasteiger partial charge in [0.05, 0.1) is 30.7 Å². The lowest BCUT2D eigenvalue weighted by Gasteiger charge is -2.27. The van der Waals surface area contributed by atoms with Crippen LogP contribution in [0.4, 0.5) is 5.95 Å². The standard InChI is InChI=1S/C25H31N5O2S/c1-19(2)17-22(20-9-5-3-6-10-20)26-23(31)18-33-25-28-27-24(29-13-15-32-16-14-29)30(25)21-11-7-4-8-12-21/h3-12,19,22H,13-18H2,1-2H3,(H,26,31). The summed E-state index contributed by atoms with van der Waals surface area (Å²) in [4.78, 5) is 15.1. The molecule has 2 heterocycles. The van der Waals surface area contributed by atoms with Crippen LogP contribution >= 0.6 is 11.8 Å². The minimum atomic E-state index is -0.00922. The van der Waals surface area contributed by atoms with E-state index in [0.717, 1.165) is 36.7 Å². The summed E-state index contributed by atoms with van der Waals surface area (Å²) in [5.41, 5.74) is 2.11. The largest absolute Gasteiger partial charge is 0.378 e. The molecular weight excluding hydrogens is 434 g/mol. The Hall–Kier alpha value is -2.84. The van der Waals surface area contributed by atoms with Crippen molar-refractivity contribution in [1.82, 2.24) is 20.1 Å². The molecule has 2 aromatic carbocycles. The van der Waals surface area contributed by atoms with Crippen LogP contribution in [-0.2, 0) is 9.53 Å². The smallest absolute Gasteiger partial charge is 0.232 e. The summed E-state index contributed by atoms with van der Waals surface area (Å²) in [6.07, 6.45) is 0.891. The molecule has 33 heavy (non-hydrogen) atoms. The number of carbonyl (C=O) groups excluding carboxylic acids is 1. The van der Waals surface area contributed by atoms with Crippen LogP contribution in [0.3, 0.4) is 0 Å². The third-order valence-corrected chi connectivity index (χ3v) is 6.43. The van der Waals surface area contributed by atoms with Gasteiger partial charge in [0.2, 0.25) is 11.9 Å². The van der Waals surface area contributed by atoms with Crippen LogP contribution in [0.2, 0.25) is 0 Å². The molecule has 3 aromatic rings. The number of carbonyl (C=O) groups is 1. The Morgan fingerprint density at radius 3 is 2.36 bits per heavy atom. The monoisotopic (exact) mass is 465 g/mol. The lowest BCUT2D eigenvalue weighted by Crippen LogP contribution is -2.37. The maximum atomic E-state index is 12.9. The quantitative estimate of drug-likeness (QED) is 0.480. The zero-order valence-corrected chi connectivity index (χ0v) is 20.0. The van der Waals surface area contributed by atoms with E-state index in [4.69, 9.17) is 4.74 Å². The molecule has 4 rings (SSSR count). The molecule has 1 unspecified atom stereocenters. The summed E-state index contributed by atoms with van der Waals surface area (Å²) in [6, 6.07) is 20.2. The number of para-hydroxylation sites is 1. The van der Waals surface area contributed by atoms with Crippen molar-refractivity contribution < 1.29 is 9.53 Å². The molecule has 1 fully saturated rings.